The van der Waals surface area contributed by atoms with Gasteiger partial charge in [0.15, 0.2) is 0 Å². The maximum atomic E-state index is 5.79. The molecule has 1 aliphatic rings. The van der Waals surface area contributed by atoms with Gasteiger partial charge in [0.25, 0.3) is 0 Å². The summed E-state index contributed by atoms with van der Waals surface area (Å²) in [4.78, 5) is 6.82. The minimum absolute atomic E-state index is 0.481. The molecular formula is C12H19N3. The molecule has 0 saturated carbocycles. The molecule has 3 nitrogen and oxygen atoms in total. The predicted octanol–water partition coefficient (Wildman–Crippen LogP) is 1.71. The first-order valence-corrected chi connectivity index (χ1v) is 5.70. The molecule has 0 unspecified atom stereocenters. The lowest BCUT2D eigenvalue weighted by molar-refractivity contribution is 0.462. The highest BCUT2D eigenvalue weighted by atomic mass is 15.2. The lowest BCUT2D eigenvalue weighted by Gasteiger charge is -2.36. The molecule has 1 aliphatic heterocycles. The Kier molecular flexibility index (Phi) is 3.21. The largest absolute Gasteiger partial charge is 0.352 e. The van der Waals surface area contributed by atoms with Gasteiger partial charge in [0, 0.05) is 25.3 Å². The number of pyridine rings is 1. The van der Waals surface area contributed by atoms with Crippen molar-refractivity contribution in [3.05, 3.63) is 23.9 Å². The molecular weight excluding hydrogens is 186 g/mol. The standard InChI is InChI=1S/C12H19N3/c1-10-5-6-12(14-9-10)15-7-3-2-4-11(15)8-13/h5-6,9,11H,2-4,7-8,13H2,1H3/t11-/m1/s1. The fourth-order valence-corrected chi connectivity index (χ4v) is 2.18. The van der Waals surface area contributed by atoms with Crippen molar-refractivity contribution in [2.24, 2.45) is 5.73 Å². The molecule has 3 heteroatoms. The van der Waals surface area contributed by atoms with Gasteiger partial charge >= 0.3 is 0 Å². The molecule has 1 fully saturated rings. The summed E-state index contributed by atoms with van der Waals surface area (Å²) in [5.74, 6) is 1.08. The smallest absolute Gasteiger partial charge is 0.128 e. The first kappa shape index (κ1) is 10.4. The zero-order chi connectivity index (χ0) is 10.7. The van der Waals surface area contributed by atoms with Gasteiger partial charge in [-0.15, -0.1) is 0 Å². The van der Waals surface area contributed by atoms with Gasteiger partial charge < -0.3 is 10.6 Å². The Balaban J connectivity index is 2.16. The van der Waals surface area contributed by atoms with E-state index in [-0.39, 0.29) is 0 Å². The van der Waals surface area contributed by atoms with Crippen LogP contribution in [0.2, 0.25) is 0 Å². The number of nitrogens with two attached hydrogens (primary N) is 1. The van der Waals surface area contributed by atoms with Crippen LogP contribution in [0, 0.1) is 6.92 Å². The van der Waals surface area contributed by atoms with Gasteiger partial charge in [0.05, 0.1) is 0 Å². The molecule has 82 valence electrons. The normalized spacial score (nSPS) is 21.7. The van der Waals surface area contributed by atoms with E-state index < -0.39 is 0 Å². The van der Waals surface area contributed by atoms with Crippen LogP contribution >= 0.6 is 0 Å². The third kappa shape index (κ3) is 2.29. The molecule has 0 aromatic carbocycles. The highest BCUT2D eigenvalue weighted by Gasteiger charge is 2.21. The quantitative estimate of drug-likeness (QED) is 0.799. The topological polar surface area (TPSA) is 42.1 Å². The molecule has 0 aliphatic carbocycles. The molecule has 1 saturated heterocycles. The maximum Gasteiger partial charge on any atom is 0.128 e. The second-order valence-corrected chi connectivity index (χ2v) is 4.27. The highest BCUT2D eigenvalue weighted by molar-refractivity contribution is 5.41. The monoisotopic (exact) mass is 205 g/mol. The molecule has 0 radical (unpaired) electrons. The molecule has 0 amide bonds. The molecule has 2 heterocycles. The van der Waals surface area contributed by atoms with Crippen molar-refractivity contribution in [3.63, 3.8) is 0 Å². The zero-order valence-electron chi connectivity index (χ0n) is 9.32. The number of aromatic nitrogens is 1. The van der Waals surface area contributed by atoms with Crippen molar-refractivity contribution < 1.29 is 0 Å². The number of hydrogen-bond donors (Lipinski definition) is 1. The molecule has 0 spiro atoms. The molecule has 1 atom stereocenters. The fourth-order valence-electron chi connectivity index (χ4n) is 2.18. The molecule has 2 N–H and O–H groups in total. The Morgan fingerprint density at radius 2 is 2.33 bits per heavy atom. The Bertz CT molecular complexity index is 307. The van der Waals surface area contributed by atoms with Crippen LogP contribution in [0.1, 0.15) is 24.8 Å². The molecule has 0 bridgehead atoms. The van der Waals surface area contributed by atoms with E-state index in [4.69, 9.17) is 5.73 Å². The zero-order valence-corrected chi connectivity index (χ0v) is 9.32. The SMILES string of the molecule is Cc1ccc(N2CCCC[C@@H]2CN)nc1. The first-order chi connectivity index (χ1) is 7.31. The lowest BCUT2D eigenvalue weighted by Crippen LogP contribution is -2.44. The van der Waals surface area contributed by atoms with E-state index in [0.29, 0.717) is 6.04 Å². The average Bonchev–Trinajstić information content (AvgIpc) is 2.30. The van der Waals surface area contributed by atoms with Crippen LogP contribution in [0.15, 0.2) is 18.3 Å². The van der Waals surface area contributed by atoms with E-state index in [2.05, 4.69) is 28.9 Å². The maximum absolute atomic E-state index is 5.79. The second kappa shape index (κ2) is 4.62. The van der Waals surface area contributed by atoms with Gasteiger partial charge in [-0.3, -0.25) is 0 Å². The molecule has 15 heavy (non-hydrogen) atoms. The summed E-state index contributed by atoms with van der Waals surface area (Å²) < 4.78 is 0. The van der Waals surface area contributed by atoms with E-state index in [0.717, 1.165) is 18.9 Å². The number of nitrogens with zero attached hydrogens (tertiary/aromatic N) is 2. The van der Waals surface area contributed by atoms with Crippen LogP contribution in [-0.4, -0.2) is 24.1 Å². The fraction of sp³-hybridized carbons (Fsp3) is 0.583. The Morgan fingerprint density at radius 1 is 1.47 bits per heavy atom. The van der Waals surface area contributed by atoms with Crippen molar-refractivity contribution in [1.82, 2.24) is 4.98 Å². The number of anilines is 1. The third-order valence-electron chi connectivity index (χ3n) is 3.09. The van der Waals surface area contributed by atoms with E-state index >= 15 is 0 Å². The van der Waals surface area contributed by atoms with E-state index in [1.165, 1.54) is 24.8 Å². The summed E-state index contributed by atoms with van der Waals surface area (Å²) in [5.41, 5.74) is 7.00. The third-order valence-corrected chi connectivity index (χ3v) is 3.09. The minimum atomic E-state index is 0.481. The second-order valence-electron chi connectivity index (χ2n) is 4.27. The van der Waals surface area contributed by atoms with Gasteiger partial charge in [0.1, 0.15) is 5.82 Å². The van der Waals surface area contributed by atoms with Gasteiger partial charge in [-0.1, -0.05) is 6.07 Å². The predicted molar refractivity (Wildman–Crippen MR) is 63.0 cm³/mol. The summed E-state index contributed by atoms with van der Waals surface area (Å²) in [6.45, 7) is 3.89. The van der Waals surface area contributed by atoms with Gasteiger partial charge in [0.2, 0.25) is 0 Å². The van der Waals surface area contributed by atoms with Crippen LogP contribution in [-0.2, 0) is 0 Å². The summed E-state index contributed by atoms with van der Waals surface area (Å²) >= 11 is 0. The Labute approximate surface area is 91.3 Å². The average molecular weight is 205 g/mol. The molecule has 1 aromatic heterocycles. The summed E-state index contributed by atoms with van der Waals surface area (Å²) in [5, 5.41) is 0. The van der Waals surface area contributed by atoms with Crippen LogP contribution in [0.3, 0.4) is 0 Å². The van der Waals surface area contributed by atoms with Crippen molar-refractivity contribution in [2.45, 2.75) is 32.2 Å². The van der Waals surface area contributed by atoms with Crippen LogP contribution < -0.4 is 10.6 Å². The molecule has 2 rings (SSSR count). The summed E-state index contributed by atoms with van der Waals surface area (Å²) in [6.07, 6.45) is 5.68. The van der Waals surface area contributed by atoms with E-state index in [9.17, 15) is 0 Å². The first-order valence-electron chi connectivity index (χ1n) is 5.70. The molecule has 1 aromatic rings. The Hall–Kier alpha value is -1.09. The number of piperidine rings is 1. The lowest BCUT2D eigenvalue weighted by atomic mass is 10.0. The number of hydrogen-bond acceptors (Lipinski definition) is 3. The van der Waals surface area contributed by atoms with Gasteiger partial charge in [-0.2, -0.15) is 0 Å². The van der Waals surface area contributed by atoms with E-state index in [1.54, 1.807) is 0 Å². The van der Waals surface area contributed by atoms with Crippen molar-refractivity contribution in [1.29, 1.82) is 0 Å². The van der Waals surface area contributed by atoms with Crippen LogP contribution in [0.4, 0.5) is 5.82 Å². The Morgan fingerprint density at radius 3 is 3.00 bits per heavy atom. The number of aryl methyl sites for hydroxylation is 1. The van der Waals surface area contributed by atoms with E-state index in [1.807, 2.05) is 6.20 Å². The highest BCUT2D eigenvalue weighted by Crippen LogP contribution is 2.22. The summed E-state index contributed by atoms with van der Waals surface area (Å²) in [6, 6.07) is 4.70. The van der Waals surface area contributed by atoms with Gasteiger partial charge in [-0.25, -0.2) is 4.98 Å². The van der Waals surface area contributed by atoms with Crippen molar-refractivity contribution in [2.75, 3.05) is 18.0 Å². The summed E-state index contributed by atoms with van der Waals surface area (Å²) in [7, 11) is 0. The van der Waals surface area contributed by atoms with Crippen LogP contribution in [0.5, 0.6) is 0 Å². The number of rotatable bonds is 2. The van der Waals surface area contributed by atoms with Crippen molar-refractivity contribution >= 4 is 5.82 Å². The van der Waals surface area contributed by atoms with Crippen molar-refractivity contribution in [3.8, 4) is 0 Å². The minimum Gasteiger partial charge on any atom is -0.352 e. The van der Waals surface area contributed by atoms with Gasteiger partial charge in [-0.05, 0) is 37.8 Å². The van der Waals surface area contributed by atoms with Crippen LogP contribution in [0.25, 0.3) is 0 Å².